The Morgan fingerprint density at radius 1 is 1.00 bits per heavy atom. The third-order valence-electron chi connectivity index (χ3n) is 4.45. The molecule has 4 rings (SSSR count). The molecule has 34 heavy (non-hydrogen) atoms. The first-order valence-corrected chi connectivity index (χ1v) is 10.1. The summed E-state index contributed by atoms with van der Waals surface area (Å²) >= 11 is 5.60. The maximum atomic E-state index is 13.0. The lowest BCUT2D eigenvalue weighted by atomic mass is 10.2. The first kappa shape index (κ1) is 23.1. The summed E-state index contributed by atoms with van der Waals surface area (Å²) in [6.07, 6.45) is 0.143. The van der Waals surface area contributed by atoms with E-state index in [1.165, 1.54) is 18.5 Å². The number of aryl methyl sites for hydroxylation is 1. The highest BCUT2D eigenvalue weighted by Crippen LogP contribution is 2.36. The van der Waals surface area contributed by atoms with Crippen LogP contribution in [-0.2, 0) is 13.2 Å². The second-order valence-corrected chi connectivity index (χ2v) is 7.47. The van der Waals surface area contributed by atoms with E-state index >= 15 is 0 Å². The number of urea groups is 1. The predicted molar refractivity (Wildman–Crippen MR) is 120 cm³/mol. The van der Waals surface area contributed by atoms with E-state index in [-0.39, 0.29) is 11.6 Å². The monoisotopic (exact) mass is 488 g/mol. The van der Waals surface area contributed by atoms with Gasteiger partial charge in [-0.3, -0.25) is 0 Å². The van der Waals surface area contributed by atoms with E-state index in [4.69, 9.17) is 16.3 Å². The molecule has 0 saturated heterocycles. The Balaban J connectivity index is 1.44. The number of aromatic nitrogens is 4. The van der Waals surface area contributed by atoms with E-state index in [0.717, 1.165) is 12.1 Å². The number of halogens is 4. The zero-order valence-electron chi connectivity index (χ0n) is 17.5. The van der Waals surface area contributed by atoms with Crippen LogP contribution in [0, 0.1) is 0 Å². The predicted octanol–water partition coefficient (Wildman–Crippen LogP) is 5.99. The van der Waals surface area contributed by atoms with Gasteiger partial charge >= 0.3 is 12.2 Å². The van der Waals surface area contributed by atoms with Gasteiger partial charge in [-0.25, -0.2) is 19.7 Å². The normalized spacial score (nSPS) is 11.2. The van der Waals surface area contributed by atoms with Crippen LogP contribution in [0.15, 0.2) is 67.4 Å². The van der Waals surface area contributed by atoms with E-state index in [1.54, 1.807) is 41.4 Å². The topological polar surface area (TPSA) is 94.0 Å². The highest BCUT2D eigenvalue weighted by Gasteiger charge is 2.33. The smallest absolute Gasteiger partial charge is 0.417 e. The Labute approximate surface area is 196 Å². The van der Waals surface area contributed by atoms with Crippen molar-refractivity contribution in [3.8, 4) is 23.0 Å². The lowest BCUT2D eigenvalue weighted by molar-refractivity contribution is -0.137. The molecule has 174 valence electrons. The van der Waals surface area contributed by atoms with Gasteiger partial charge in [0, 0.05) is 36.8 Å². The standard InChI is InChI=1S/C22H16ClF3N6O2/c1-32-10-19(29-12-32)18-9-20(28-11-27-18)34-15-4-2-3-13(7-15)30-21(33)31-14-5-6-17(23)16(8-14)22(24,25)26/h2-12H,1H3,(H2,30,31,33). The van der Waals surface area contributed by atoms with E-state index in [0.29, 0.717) is 22.8 Å². The van der Waals surface area contributed by atoms with Crippen LogP contribution in [0.2, 0.25) is 5.02 Å². The third-order valence-corrected chi connectivity index (χ3v) is 4.78. The van der Waals surface area contributed by atoms with Crippen LogP contribution in [-0.4, -0.2) is 25.6 Å². The molecule has 2 amide bonds. The molecule has 0 aliphatic heterocycles. The molecular weight excluding hydrogens is 473 g/mol. The molecule has 0 bridgehead atoms. The van der Waals surface area contributed by atoms with Crippen molar-refractivity contribution in [2.24, 2.45) is 7.05 Å². The molecular formula is C22H16ClF3N6O2. The molecule has 4 aromatic rings. The number of carbonyl (C=O) groups excluding carboxylic acids is 1. The van der Waals surface area contributed by atoms with Crippen molar-refractivity contribution in [3.63, 3.8) is 0 Å². The van der Waals surface area contributed by atoms with Gasteiger partial charge in [-0.15, -0.1) is 0 Å². The van der Waals surface area contributed by atoms with Crippen LogP contribution < -0.4 is 15.4 Å². The summed E-state index contributed by atoms with van der Waals surface area (Å²) in [4.78, 5) is 24.8. The molecule has 0 radical (unpaired) electrons. The first-order chi connectivity index (χ1) is 16.2. The van der Waals surface area contributed by atoms with Crippen molar-refractivity contribution >= 4 is 29.0 Å². The maximum absolute atomic E-state index is 13.0. The van der Waals surface area contributed by atoms with E-state index < -0.39 is 22.8 Å². The number of hydrogen-bond acceptors (Lipinski definition) is 5. The van der Waals surface area contributed by atoms with Crippen molar-refractivity contribution in [2.45, 2.75) is 6.18 Å². The molecule has 12 heteroatoms. The summed E-state index contributed by atoms with van der Waals surface area (Å²) < 4.78 is 46.6. The van der Waals surface area contributed by atoms with Gasteiger partial charge in [0.1, 0.15) is 17.8 Å². The minimum atomic E-state index is -4.64. The second kappa shape index (κ2) is 9.40. The fourth-order valence-electron chi connectivity index (χ4n) is 2.95. The van der Waals surface area contributed by atoms with E-state index in [1.807, 2.05) is 7.05 Å². The number of nitrogens with zero attached hydrogens (tertiary/aromatic N) is 4. The van der Waals surface area contributed by atoms with Crippen LogP contribution in [0.1, 0.15) is 5.56 Å². The highest BCUT2D eigenvalue weighted by molar-refractivity contribution is 6.31. The molecule has 0 unspecified atom stereocenters. The van der Waals surface area contributed by atoms with Crippen LogP contribution in [0.25, 0.3) is 11.4 Å². The summed E-state index contributed by atoms with van der Waals surface area (Å²) in [5, 5.41) is 4.43. The molecule has 8 nitrogen and oxygen atoms in total. The van der Waals surface area contributed by atoms with Gasteiger partial charge in [0.2, 0.25) is 5.88 Å². The molecule has 0 aliphatic rings. The largest absolute Gasteiger partial charge is 0.439 e. The van der Waals surface area contributed by atoms with Gasteiger partial charge in [-0.2, -0.15) is 13.2 Å². The van der Waals surface area contributed by atoms with Gasteiger partial charge < -0.3 is 19.9 Å². The number of ether oxygens (including phenoxy) is 1. The maximum Gasteiger partial charge on any atom is 0.417 e. The minimum absolute atomic E-state index is 0.0651. The molecule has 0 spiro atoms. The molecule has 0 aliphatic carbocycles. The number of nitrogens with one attached hydrogen (secondary N) is 2. The van der Waals surface area contributed by atoms with Gasteiger partial charge in [-0.1, -0.05) is 17.7 Å². The Kier molecular flexibility index (Phi) is 6.37. The highest BCUT2D eigenvalue weighted by atomic mass is 35.5. The Hall–Kier alpha value is -4.12. The fourth-order valence-corrected chi connectivity index (χ4v) is 3.18. The lowest BCUT2D eigenvalue weighted by Crippen LogP contribution is -2.20. The van der Waals surface area contributed by atoms with Gasteiger partial charge in [0.15, 0.2) is 0 Å². The zero-order valence-corrected chi connectivity index (χ0v) is 18.2. The van der Waals surface area contributed by atoms with Gasteiger partial charge in [-0.05, 0) is 30.3 Å². The minimum Gasteiger partial charge on any atom is -0.439 e. The van der Waals surface area contributed by atoms with E-state index in [9.17, 15) is 18.0 Å². The number of amides is 2. The number of rotatable bonds is 5. The first-order valence-electron chi connectivity index (χ1n) is 9.70. The van der Waals surface area contributed by atoms with Crippen molar-refractivity contribution in [2.75, 3.05) is 10.6 Å². The lowest BCUT2D eigenvalue weighted by Gasteiger charge is -2.13. The SMILES string of the molecule is Cn1cnc(-c2cc(Oc3cccc(NC(=O)Nc4ccc(Cl)c(C(F)(F)F)c4)c3)ncn2)c1. The average Bonchev–Trinajstić information content (AvgIpc) is 3.21. The summed E-state index contributed by atoms with van der Waals surface area (Å²) in [6.45, 7) is 0. The quantitative estimate of drug-likeness (QED) is 0.360. The fraction of sp³-hybridized carbons (Fsp3) is 0.0909. The summed E-state index contributed by atoms with van der Waals surface area (Å²) in [6, 6.07) is 10.4. The zero-order chi connectivity index (χ0) is 24.3. The number of anilines is 2. The summed E-state index contributed by atoms with van der Waals surface area (Å²) in [5.41, 5.74) is 0.458. The Morgan fingerprint density at radius 2 is 1.76 bits per heavy atom. The van der Waals surface area contributed by atoms with E-state index in [2.05, 4.69) is 25.6 Å². The van der Waals surface area contributed by atoms with Crippen molar-refractivity contribution in [1.82, 2.24) is 19.5 Å². The van der Waals surface area contributed by atoms with Crippen LogP contribution in [0.5, 0.6) is 11.6 Å². The molecule has 2 aromatic heterocycles. The van der Waals surface area contributed by atoms with Crippen LogP contribution in [0.4, 0.5) is 29.3 Å². The Bertz CT molecular complexity index is 1340. The Morgan fingerprint density at radius 3 is 2.47 bits per heavy atom. The molecule has 0 fully saturated rings. The van der Waals surface area contributed by atoms with Crippen LogP contribution >= 0.6 is 11.6 Å². The molecule has 2 N–H and O–H groups in total. The number of hydrogen-bond donors (Lipinski definition) is 2. The van der Waals surface area contributed by atoms with Gasteiger partial charge in [0.05, 0.1) is 22.6 Å². The number of alkyl halides is 3. The number of carbonyl (C=O) groups is 1. The summed E-state index contributed by atoms with van der Waals surface area (Å²) in [7, 11) is 1.84. The van der Waals surface area contributed by atoms with Gasteiger partial charge in [0.25, 0.3) is 0 Å². The van der Waals surface area contributed by atoms with Crippen LogP contribution in [0.3, 0.4) is 0 Å². The molecule has 0 atom stereocenters. The average molecular weight is 489 g/mol. The van der Waals surface area contributed by atoms with Crippen molar-refractivity contribution < 1.29 is 22.7 Å². The van der Waals surface area contributed by atoms with Crippen molar-refractivity contribution in [1.29, 1.82) is 0 Å². The molecule has 0 saturated carbocycles. The molecule has 2 aromatic carbocycles. The number of benzene rings is 2. The molecule has 2 heterocycles. The summed E-state index contributed by atoms with van der Waals surface area (Å²) in [5.74, 6) is 0.632. The third kappa shape index (κ3) is 5.62. The van der Waals surface area contributed by atoms with Crippen molar-refractivity contribution in [3.05, 3.63) is 78.0 Å². The second-order valence-electron chi connectivity index (χ2n) is 7.07. The number of imidazole rings is 1.